The average Bonchev–Trinajstić information content (AvgIpc) is 2.86. The quantitative estimate of drug-likeness (QED) is 0.813. The molecule has 2 rings (SSSR count). The molecule has 2 aromatic rings. The first-order valence-corrected chi connectivity index (χ1v) is 7.56. The molecule has 0 atom stereocenters. The topological polar surface area (TPSA) is 24.9 Å². The van der Waals surface area contributed by atoms with E-state index in [4.69, 9.17) is 0 Å². The third-order valence-corrected chi connectivity index (χ3v) is 4.43. The molecule has 1 aromatic heterocycles. The molecular formula is C13H15FN2S2. The first-order chi connectivity index (χ1) is 8.81. The van der Waals surface area contributed by atoms with Crippen LogP contribution in [-0.4, -0.2) is 11.5 Å². The third kappa shape index (κ3) is 3.54. The lowest BCUT2D eigenvalue weighted by Gasteiger charge is -2.09. The Balaban J connectivity index is 2.15. The van der Waals surface area contributed by atoms with E-state index < -0.39 is 0 Å². The van der Waals surface area contributed by atoms with Gasteiger partial charge in [0.2, 0.25) is 0 Å². The average molecular weight is 282 g/mol. The van der Waals surface area contributed by atoms with Gasteiger partial charge in [0, 0.05) is 18.1 Å². The molecule has 0 aliphatic heterocycles. The van der Waals surface area contributed by atoms with Crippen molar-refractivity contribution in [1.29, 1.82) is 0 Å². The maximum atomic E-state index is 13.9. The van der Waals surface area contributed by atoms with Crippen molar-refractivity contribution in [2.45, 2.75) is 29.1 Å². The van der Waals surface area contributed by atoms with Gasteiger partial charge in [0.25, 0.3) is 0 Å². The smallest absolute Gasteiger partial charge is 0.154 e. The maximum Gasteiger partial charge on any atom is 0.154 e. The Kier molecular flexibility index (Phi) is 5.16. The predicted octanol–water partition coefficient (Wildman–Crippen LogP) is 3.93. The summed E-state index contributed by atoms with van der Waals surface area (Å²) in [4.78, 5) is 4.86. The second-order valence-electron chi connectivity index (χ2n) is 3.80. The van der Waals surface area contributed by atoms with Gasteiger partial charge in [0.15, 0.2) is 4.34 Å². The highest BCUT2D eigenvalue weighted by molar-refractivity contribution is 8.01. The third-order valence-electron chi connectivity index (χ3n) is 2.39. The molecule has 5 heteroatoms. The van der Waals surface area contributed by atoms with Crippen LogP contribution in [0.15, 0.2) is 39.0 Å². The zero-order valence-corrected chi connectivity index (χ0v) is 11.8. The van der Waals surface area contributed by atoms with Gasteiger partial charge in [-0.05, 0) is 24.6 Å². The van der Waals surface area contributed by atoms with Gasteiger partial charge in [-0.25, -0.2) is 9.37 Å². The number of benzene rings is 1. The fourth-order valence-corrected chi connectivity index (χ4v) is 3.25. The molecular weight excluding hydrogens is 267 g/mol. The van der Waals surface area contributed by atoms with Crippen LogP contribution < -0.4 is 5.32 Å². The molecule has 0 bridgehead atoms. The monoisotopic (exact) mass is 282 g/mol. The molecule has 0 aliphatic carbocycles. The van der Waals surface area contributed by atoms with Crippen molar-refractivity contribution >= 4 is 23.1 Å². The summed E-state index contributed by atoms with van der Waals surface area (Å²) >= 11 is 2.93. The number of halogens is 1. The highest BCUT2D eigenvalue weighted by Crippen LogP contribution is 2.33. The number of hydrogen-bond donors (Lipinski definition) is 1. The molecule has 96 valence electrons. The zero-order valence-electron chi connectivity index (χ0n) is 10.1. The lowest BCUT2D eigenvalue weighted by atomic mass is 10.2. The van der Waals surface area contributed by atoms with Crippen LogP contribution in [0.5, 0.6) is 0 Å². The molecule has 18 heavy (non-hydrogen) atoms. The largest absolute Gasteiger partial charge is 0.313 e. The van der Waals surface area contributed by atoms with Crippen LogP contribution in [0.25, 0.3) is 0 Å². The molecule has 0 amide bonds. The molecule has 0 aliphatic rings. The van der Waals surface area contributed by atoms with Crippen molar-refractivity contribution in [3.05, 3.63) is 41.2 Å². The number of rotatable bonds is 6. The highest BCUT2D eigenvalue weighted by Gasteiger charge is 2.11. The summed E-state index contributed by atoms with van der Waals surface area (Å²) in [6.07, 6.45) is 2.81. The van der Waals surface area contributed by atoms with E-state index in [0.29, 0.717) is 11.4 Å². The molecule has 2 nitrogen and oxygen atoms in total. The molecule has 1 heterocycles. The minimum Gasteiger partial charge on any atom is -0.313 e. The van der Waals surface area contributed by atoms with Crippen molar-refractivity contribution < 1.29 is 4.39 Å². The van der Waals surface area contributed by atoms with Gasteiger partial charge in [-0.1, -0.05) is 30.8 Å². The van der Waals surface area contributed by atoms with E-state index in [1.165, 1.54) is 29.2 Å². The predicted molar refractivity (Wildman–Crippen MR) is 74.6 cm³/mol. The summed E-state index contributed by atoms with van der Waals surface area (Å²) in [6.45, 7) is 3.75. The van der Waals surface area contributed by atoms with E-state index in [1.807, 2.05) is 11.4 Å². The lowest BCUT2D eigenvalue weighted by Crippen LogP contribution is -2.14. The van der Waals surface area contributed by atoms with Crippen molar-refractivity contribution in [2.24, 2.45) is 0 Å². The second kappa shape index (κ2) is 6.87. The van der Waals surface area contributed by atoms with Gasteiger partial charge in [0.1, 0.15) is 5.82 Å². The summed E-state index contributed by atoms with van der Waals surface area (Å²) in [7, 11) is 0. The number of nitrogens with zero attached hydrogens (tertiary/aromatic N) is 1. The van der Waals surface area contributed by atoms with E-state index in [1.54, 1.807) is 12.3 Å². The first kappa shape index (κ1) is 13.5. The summed E-state index contributed by atoms with van der Waals surface area (Å²) in [5.41, 5.74) is 0.989. The van der Waals surface area contributed by atoms with E-state index in [0.717, 1.165) is 22.9 Å². The van der Waals surface area contributed by atoms with Crippen LogP contribution in [0.2, 0.25) is 0 Å². The fourth-order valence-electron chi connectivity index (χ4n) is 1.55. The second-order valence-corrected chi connectivity index (χ2v) is 5.96. The molecule has 0 saturated carbocycles. The van der Waals surface area contributed by atoms with Gasteiger partial charge in [-0.15, -0.1) is 11.3 Å². The minimum absolute atomic E-state index is 0.175. The molecule has 0 radical (unpaired) electrons. The summed E-state index contributed by atoms with van der Waals surface area (Å²) in [5.74, 6) is -0.175. The van der Waals surface area contributed by atoms with Crippen molar-refractivity contribution in [2.75, 3.05) is 6.54 Å². The van der Waals surface area contributed by atoms with Gasteiger partial charge < -0.3 is 5.32 Å². The van der Waals surface area contributed by atoms with Crippen LogP contribution in [0.1, 0.15) is 18.9 Å². The maximum absolute atomic E-state index is 13.9. The van der Waals surface area contributed by atoms with E-state index in [2.05, 4.69) is 17.2 Å². The van der Waals surface area contributed by atoms with Crippen LogP contribution >= 0.6 is 23.1 Å². The van der Waals surface area contributed by atoms with Crippen LogP contribution in [0, 0.1) is 5.82 Å². The highest BCUT2D eigenvalue weighted by atomic mass is 32.2. The van der Waals surface area contributed by atoms with Gasteiger partial charge in [-0.3, -0.25) is 0 Å². The summed E-state index contributed by atoms with van der Waals surface area (Å²) < 4.78 is 14.8. The molecule has 0 fully saturated rings. The minimum atomic E-state index is -0.175. The standard InChI is InChI=1S/C13H15FN2S2/c1-2-6-15-9-10-4-3-5-11(14)12(10)18-13-16-7-8-17-13/h3-5,7-8,15H,2,6,9H2,1H3. The Morgan fingerprint density at radius 2 is 2.33 bits per heavy atom. The zero-order chi connectivity index (χ0) is 12.8. The molecule has 0 unspecified atom stereocenters. The van der Waals surface area contributed by atoms with Gasteiger partial charge >= 0.3 is 0 Å². The number of thiazole rings is 1. The Morgan fingerprint density at radius 1 is 1.44 bits per heavy atom. The van der Waals surface area contributed by atoms with Crippen LogP contribution in [0.4, 0.5) is 4.39 Å². The molecule has 1 aromatic carbocycles. The Morgan fingerprint density at radius 3 is 3.06 bits per heavy atom. The lowest BCUT2D eigenvalue weighted by molar-refractivity contribution is 0.589. The SMILES string of the molecule is CCCNCc1cccc(F)c1Sc1nccs1. The van der Waals surface area contributed by atoms with Crippen molar-refractivity contribution in [3.63, 3.8) is 0 Å². The van der Waals surface area contributed by atoms with E-state index >= 15 is 0 Å². The molecule has 0 spiro atoms. The fraction of sp³-hybridized carbons (Fsp3) is 0.308. The normalized spacial score (nSPS) is 10.8. The van der Waals surface area contributed by atoms with Gasteiger partial charge in [-0.2, -0.15) is 0 Å². The Hall–Kier alpha value is -0.910. The first-order valence-electron chi connectivity index (χ1n) is 5.86. The Labute approximate surface area is 115 Å². The van der Waals surface area contributed by atoms with E-state index in [9.17, 15) is 4.39 Å². The molecule has 0 saturated heterocycles. The number of nitrogens with one attached hydrogen (secondary N) is 1. The van der Waals surface area contributed by atoms with Crippen LogP contribution in [-0.2, 0) is 6.54 Å². The number of aromatic nitrogens is 1. The van der Waals surface area contributed by atoms with Crippen molar-refractivity contribution in [3.8, 4) is 0 Å². The summed E-state index contributed by atoms with van der Waals surface area (Å²) in [6, 6.07) is 5.21. The van der Waals surface area contributed by atoms with Crippen LogP contribution in [0.3, 0.4) is 0 Å². The van der Waals surface area contributed by atoms with Gasteiger partial charge in [0.05, 0.1) is 4.90 Å². The Bertz CT molecular complexity index is 486. The van der Waals surface area contributed by atoms with E-state index in [-0.39, 0.29) is 5.82 Å². The number of hydrogen-bond acceptors (Lipinski definition) is 4. The van der Waals surface area contributed by atoms with Crippen molar-refractivity contribution in [1.82, 2.24) is 10.3 Å². The molecule has 1 N–H and O–H groups in total. The summed E-state index contributed by atoms with van der Waals surface area (Å²) in [5, 5.41) is 5.20.